The van der Waals surface area contributed by atoms with Crippen molar-refractivity contribution in [2.75, 3.05) is 28.4 Å². The third kappa shape index (κ3) is 5.14. The van der Waals surface area contributed by atoms with E-state index in [4.69, 9.17) is 18.9 Å². The standard InChI is InChI=1S/C27H33O4P/c1-19-16-27(2,3)15-14-26(19)32(17-20-22(28-4)10-8-11-23(20)29-5)18-21-24(30-6)12-9-13-25(21)31-7/h8-15,17-18H,16H2,1-7H3. The average Bonchev–Trinajstić information content (AvgIpc) is 2.78. The minimum Gasteiger partial charge on any atom is -0.553 e. The van der Waals surface area contributed by atoms with Gasteiger partial charge in [-0.1, -0.05) is 49.8 Å². The first kappa shape index (κ1) is 23.8. The van der Waals surface area contributed by atoms with Crippen LogP contribution < -0.4 is 18.9 Å². The summed E-state index contributed by atoms with van der Waals surface area (Å²) in [7, 11) is 5.88. The van der Waals surface area contributed by atoms with Crippen LogP contribution in [0.5, 0.6) is 23.0 Å². The van der Waals surface area contributed by atoms with Gasteiger partial charge in [0.1, 0.15) is 35.7 Å². The first-order chi connectivity index (χ1) is 15.3. The van der Waals surface area contributed by atoms with Crippen molar-refractivity contribution in [1.82, 2.24) is 0 Å². The Morgan fingerprint density at radius 2 is 1.34 bits per heavy atom. The van der Waals surface area contributed by atoms with E-state index in [1.54, 1.807) is 28.4 Å². The fourth-order valence-corrected chi connectivity index (χ4v) is 6.24. The van der Waals surface area contributed by atoms with Crippen molar-refractivity contribution < 1.29 is 18.9 Å². The summed E-state index contributed by atoms with van der Waals surface area (Å²) < 4.78 is 22.7. The fraction of sp³-hybridized carbons (Fsp3) is 0.333. The van der Waals surface area contributed by atoms with Crippen LogP contribution in [0.3, 0.4) is 0 Å². The summed E-state index contributed by atoms with van der Waals surface area (Å²) in [5.41, 5.74) is 3.44. The number of hydrogen-bond donors (Lipinski definition) is 0. The minimum atomic E-state index is -0.877. The minimum absolute atomic E-state index is 0.152. The van der Waals surface area contributed by atoms with Crippen LogP contribution in [0.4, 0.5) is 0 Å². The van der Waals surface area contributed by atoms with Crippen LogP contribution in [0.1, 0.15) is 38.3 Å². The lowest BCUT2D eigenvalue weighted by Gasteiger charge is -2.25. The lowest BCUT2D eigenvalue weighted by atomic mass is 9.82. The van der Waals surface area contributed by atoms with Crippen molar-refractivity contribution in [3.05, 3.63) is 76.7 Å². The van der Waals surface area contributed by atoms with E-state index in [0.717, 1.165) is 40.5 Å². The van der Waals surface area contributed by atoms with E-state index >= 15 is 0 Å². The van der Waals surface area contributed by atoms with Gasteiger partial charge in [-0.05, 0) is 42.5 Å². The molecule has 0 aliphatic heterocycles. The molecule has 4 nitrogen and oxygen atoms in total. The number of benzene rings is 2. The van der Waals surface area contributed by atoms with Crippen molar-refractivity contribution in [1.29, 1.82) is 0 Å². The zero-order chi connectivity index (χ0) is 23.3. The highest BCUT2D eigenvalue weighted by Gasteiger charge is 2.28. The molecule has 1 aliphatic carbocycles. The molecule has 0 saturated heterocycles. The second-order valence-corrected chi connectivity index (χ2v) is 10.3. The first-order valence-corrected chi connectivity index (χ1v) is 12.1. The molecule has 32 heavy (non-hydrogen) atoms. The summed E-state index contributed by atoms with van der Waals surface area (Å²) in [5, 5.41) is 1.32. The Morgan fingerprint density at radius 3 is 1.81 bits per heavy atom. The normalized spacial score (nSPS) is 15.4. The highest BCUT2D eigenvalue weighted by Crippen LogP contribution is 2.51. The highest BCUT2D eigenvalue weighted by atomic mass is 31.1. The molecule has 2 aromatic rings. The molecule has 0 heterocycles. The maximum atomic E-state index is 5.68. The Labute approximate surface area is 193 Å². The number of ether oxygens (including phenoxy) is 4. The van der Waals surface area contributed by atoms with E-state index in [0.29, 0.717) is 0 Å². The summed E-state index contributed by atoms with van der Waals surface area (Å²) in [6.07, 6.45) is 7.87. The predicted molar refractivity (Wildman–Crippen MR) is 135 cm³/mol. The maximum Gasteiger partial charge on any atom is 0.140 e. The van der Waals surface area contributed by atoms with Gasteiger partial charge in [-0.25, -0.2) is 0 Å². The van der Waals surface area contributed by atoms with Crippen LogP contribution in [0.2, 0.25) is 0 Å². The Kier molecular flexibility index (Phi) is 7.58. The van der Waals surface area contributed by atoms with Gasteiger partial charge in [0.05, 0.1) is 28.4 Å². The molecule has 0 aromatic heterocycles. The Hall–Kier alpha value is -2.84. The Bertz CT molecular complexity index is 1020. The average molecular weight is 453 g/mol. The molecule has 1 atom stereocenters. The molecule has 170 valence electrons. The molecule has 0 spiro atoms. The van der Waals surface area contributed by atoms with E-state index in [2.05, 4.69) is 44.9 Å². The lowest BCUT2D eigenvalue weighted by molar-refractivity contribution is 0.391. The summed E-state index contributed by atoms with van der Waals surface area (Å²) in [4.78, 5) is 0. The number of hydrogen-bond acceptors (Lipinski definition) is 4. The molecule has 0 amide bonds. The van der Waals surface area contributed by atoms with Crippen LogP contribution in [0.25, 0.3) is 0 Å². The zero-order valence-electron chi connectivity index (χ0n) is 20.1. The van der Waals surface area contributed by atoms with Crippen LogP contribution >= 0.6 is 7.55 Å². The second-order valence-electron chi connectivity index (χ2n) is 8.48. The van der Waals surface area contributed by atoms with Gasteiger partial charge >= 0.3 is 0 Å². The van der Waals surface area contributed by atoms with Gasteiger partial charge in [0.2, 0.25) is 0 Å². The van der Waals surface area contributed by atoms with Gasteiger partial charge in [0, 0.05) is 17.7 Å². The smallest absolute Gasteiger partial charge is 0.140 e. The molecule has 1 aliphatic rings. The van der Waals surface area contributed by atoms with Crippen LogP contribution in [-0.2, 0) is 0 Å². The first-order valence-electron chi connectivity index (χ1n) is 10.6. The van der Waals surface area contributed by atoms with Crippen molar-refractivity contribution in [3.63, 3.8) is 0 Å². The Morgan fingerprint density at radius 1 is 0.844 bits per heavy atom. The summed E-state index contributed by atoms with van der Waals surface area (Å²) >= 11 is 0. The highest BCUT2D eigenvalue weighted by molar-refractivity contribution is 7.64. The van der Waals surface area contributed by atoms with Gasteiger partial charge in [0.25, 0.3) is 0 Å². The van der Waals surface area contributed by atoms with E-state index in [1.165, 1.54) is 10.9 Å². The monoisotopic (exact) mass is 452 g/mol. The number of rotatable bonds is 8. The fourth-order valence-electron chi connectivity index (χ4n) is 4.05. The molecule has 0 bridgehead atoms. The zero-order valence-corrected chi connectivity index (χ0v) is 21.0. The van der Waals surface area contributed by atoms with Crippen molar-refractivity contribution in [3.8, 4) is 23.0 Å². The van der Waals surface area contributed by atoms with Gasteiger partial charge < -0.3 is 18.9 Å². The summed E-state index contributed by atoms with van der Waals surface area (Å²) in [6.45, 7) is 6.77. The topological polar surface area (TPSA) is 36.9 Å². The summed E-state index contributed by atoms with van der Waals surface area (Å²) in [5.74, 6) is 5.41. The maximum absolute atomic E-state index is 5.68. The quantitative estimate of drug-likeness (QED) is 0.325. The largest absolute Gasteiger partial charge is 0.553 e. The van der Waals surface area contributed by atoms with E-state index in [1.807, 2.05) is 36.4 Å². The van der Waals surface area contributed by atoms with Crippen molar-refractivity contribution >= 4 is 13.3 Å². The number of allylic oxidation sites excluding steroid dienone is 4. The molecule has 1 unspecified atom stereocenters. The molecule has 0 saturated carbocycles. The molecule has 2 aromatic carbocycles. The van der Waals surface area contributed by atoms with Gasteiger partial charge in [-0.15, -0.1) is 0 Å². The Balaban J connectivity index is 2.22. The second kappa shape index (κ2) is 10.2. The molecular formula is C27H33O4P. The third-order valence-corrected chi connectivity index (χ3v) is 7.76. The SMILES string of the molecule is COc1cccc(OC)c1C=[P+]([CH-]c1c(OC)cccc1OC)C1=C(C)CC(C)(C)C=C1. The molecular weight excluding hydrogens is 419 g/mol. The van der Waals surface area contributed by atoms with Gasteiger partial charge in [-0.2, -0.15) is 0 Å². The van der Waals surface area contributed by atoms with E-state index < -0.39 is 7.55 Å². The van der Waals surface area contributed by atoms with Crippen LogP contribution in [0, 0.1) is 11.6 Å². The predicted octanol–water partition coefficient (Wildman–Crippen LogP) is 6.82. The van der Waals surface area contributed by atoms with E-state index in [-0.39, 0.29) is 5.41 Å². The van der Waals surface area contributed by atoms with Crippen LogP contribution in [-0.4, -0.2) is 34.2 Å². The lowest BCUT2D eigenvalue weighted by Crippen LogP contribution is -2.12. The third-order valence-electron chi connectivity index (χ3n) is 5.60. The molecule has 0 N–H and O–H groups in total. The van der Waals surface area contributed by atoms with Crippen LogP contribution in [0.15, 0.2) is 59.4 Å². The molecule has 5 heteroatoms. The van der Waals surface area contributed by atoms with Crippen molar-refractivity contribution in [2.24, 2.45) is 5.41 Å². The molecule has 3 rings (SSSR count). The van der Waals surface area contributed by atoms with Gasteiger partial charge in [0.15, 0.2) is 0 Å². The van der Waals surface area contributed by atoms with Gasteiger partial charge in [-0.3, -0.25) is 0 Å². The van der Waals surface area contributed by atoms with Crippen molar-refractivity contribution in [2.45, 2.75) is 27.2 Å². The summed E-state index contributed by atoms with van der Waals surface area (Å²) in [6, 6.07) is 11.7. The van der Waals surface area contributed by atoms with E-state index in [9.17, 15) is 0 Å². The molecule has 0 radical (unpaired) electrons. The molecule has 0 fully saturated rings. The number of methoxy groups -OCH3 is 4.